The summed E-state index contributed by atoms with van der Waals surface area (Å²) in [4.78, 5) is 7.29. The average molecular weight is 197 g/mol. The third-order valence-corrected chi connectivity index (χ3v) is 2.24. The van der Waals surface area contributed by atoms with E-state index in [0.717, 1.165) is 23.5 Å². The Balaban J connectivity index is 2.49. The summed E-state index contributed by atoms with van der Waals surface area (Å²) in [5, 5.41) is 3.06. The Morgan fingerprint density at radius 1 is 1.62 bits per heavy atom. The van der Waals surface area contributed by atoms with E-state index in [1.54, 1.807) is 0 Å². The molecule has 0 amide bonds. The number of hydrogen-bond acceptors (Lipinski definition) is 4. The fourth-order valence-electron chi connectivity index (χ4n) is 1.46. The van der Waals surface area contributed by atoms with Gasteiger partial charge in [0, 0.05) is 12.1 Å². The van der Waals surface area contributed by atoms with Gasteiger partial charge in [-0.3, -0.25) is 0 Å². The smallest absolute Gasteiger partial charge is 0.197 e. The highest BCUT2D eigenvalue weighted by atomic mass is 32.1. The van der Waals surface area contributed by atoms with Crippen LogP contribution in [0.25, 0.3) is 0 Å². The lowest BCUT2D eigenvalue weighted by molar-refractivity contribution is 0.133. The molecule has 1 aliphatic rings. The number of nitrogens with zero attached hydrogens (tertiary/aromatic N) is 1. The van der Waals surface area contributed by atoms with Crippen LogP contribution in [0.3, 0.4) is 0 Å². The molecule has 0 saturated heterocycles. The van der Waals surface area contributed by atoms with Crippen molar-refractivity contribution in [2.45, 2.75) is 19.8 Å². The SMILES string of the molecule is CNCc1nc(=S)[nH]c2c1COC2. The molecule has 0 fully saturated rings. The van der Waals surface area contributed by atoms with Gasteiger partial charge in [0.1, 0.15) is 0 Å². The minimum absolute atomic E-state index is 0.537. The van der Waals surface area contributed by atoms with E-state index in [4.69, 9.17) is 17.0 Å². The Morgan fingerprint density at radius 3 is 3.23 bits per heavy atom. The lowest BCUT2D eigenvalue weighted by atomic mass is 10.2. The Labute approximate surface area is 81.3 Å². The van der Waals surface area contributed by atoms with E-state index in [1.807, 2.05) is 7.05 Å². The minimum Gasteiger partial charge on any atom is -0.370 e. The number of H-pyrrole nitrogens is 1. The van der Waals surface area contributed by atoms with E-state index in [2.05, 4.69) is 15.3 Å². The Kier molecular flexibility index (Phi) is 2.39. The van der Waals surface area contributed by atoms with Gasteiger partial charge in [-0.15, -0.1) is 0 Å². The first kappa shape index (κ1) is 8.80. The summed E-state index contributed by atoms with van der Waals surface area (Å²) < 4.78 is 5.85. The van der Waals surface area contributed by atoms with E-state index in [0.29, 0.717) is 18.0 Å². The van der Waals surface area contributed by atoms with Gasteiger partial charge in [0.15, 0.2) is 4.77 Å². The number of rotatable bonds is 2. The number of ether oxygens (including phenoxy) is 1. The molecule has 0 aliphatic carbocycles. The number of aromatic amines is 1. The van der Waals surface area contributed by atoms with Crippen molar-refractivity contribution in [3.05, 3.63) is 21.7 Å². The first-order chi connectivity index (χ1) is 6.31. The Hall–Kier alpha value is -0.780. The molecule has 0 atom stereocenters. The summed E-state index contributed by atoms with van der Waals surface area (Å²) in [6.45, 7) is 2.01. The van der Waals surface area contributed by atoms with E-state index >= 15 is 0 Å². The van der Waals surface area contributed by atoms with Crippen molar-refractivity contribution in [1.29, 1.82) is 0 Å². The van der Waals surface area contributed by atoms with Crippen molar-refractivity contribution < 1.29 is 4.74 Å². The summed E-state index contributed by atoms with van der Waals surface area (Å²) >= 11 is 5.00. The molecule has 2 N–H and O–H groups in total. The summed E-state index contributed by atoms with van der Waals surface area (Å²) in [6, 6.07) is 0. The van der Waals surface area contributed by atoms with Crippen LogP contribution < -0.4 is 5.32 Å². The van der Waals surface area contributed by atoms with Gasteiger partial charge in [-0.05, 0) is 19.3 Å². The van der Waals surface area contributed by atoms with Crippen molar-refractivity contribution in [2.75, 3.05) is 7.05 Å². The summed E-state index contributed by atoms with van der Waals surface area (Å²) in [5.41, 5.74) is 3.23. The van der Waals surface area contributed by atoms with Crippen molar-refractivity contribution >= 4 is 12.2 Å². The Bertz CT molecular complexity index is 374. The maximum absolute atomic E-state index is 5.31. The van der Waals surface area contributed by atoms with Gasteiger partial charge in [0.25, 0.3) is 0 Å². The van der Waals surface area contributed by atoms with E-state index in [9.17, 15) is 0 Å². The van der Waals surface area contributed by atoms with Crippen LogP contribution in [-0.4, -0.2) is 17.0 Å². The highest BCUT2D eigenvalue weighted by molar-refractivity contribution is 7.71. The van der Waals surface area contributed by atoms with Gasteiger partial charge in [0.05, 0.1) is 24.6 Å². The predicted octanol–water partition coefficient (Wildman–Crippen LogP) is 0.889. The second kappa shape index (κ2) is 3.53. The molecule has 5 heteroatoms. The van der Waals surface area contributed by atoms with E-state index < -0.39 is 0 Å². The first-order valence-corrected chi connectivity index (χ1v) is 4.55. The normalized spacial score (nSPS) is 14.5. The van der Waals surface area contributed by atoms with Crippen LogP contribution in [0.15, 0.2) is 0 Å². The maximum Gasteiger partial charge on any atom is 0.197 e. The first-order valence-electron chi connectivity index (χ1n) is 4.14. The van der Waals surface area contributed by atoms with Crippen molar-refractivity contribution in [3.8, 4) is 0 Å². The van der Waals surface area contributed by atoms with Crippen LogP contribution in [0.4, 0.5) is 0 Å². The van der Waals surface area contributed by atoms with Crippen LogP contribution in [0.1, 0.15) is 17.0 Å². The quantitative estimate of drug-likeness (QED) is 0.691. The molecular formula is C8H11N3OS. The summed E-state index contributed by atoms with van der Waals surface area (Å²) in [7, 11) is 1.89. The monoisotopic (exact) mass is 197 g/mol. The van der Waals surface area contributed by atoms with Crippen LogP contribution >= 0.6 is 12.2 Å². The number of nitrogens with one attached hydrogen (secondary N) is 2. The standard InChI is InChI=1S/C8H11N3OS/c1-9-2-6-5-3-12-4-7(5)11-8(13)10-6/h9H,2-4H2,1H3,(H,10,11,13). The average Bonchev–Trinajstić information content (AvgIpc) is 2.52. The van der Waals surface area contributed by atoms with Crippen LogP contribution in [0.2, 0.25) is 0 Å². The summed E-state index contributed by atoms with van der Waals surface area (Å²) in [6.07, 6.45) is 0. The molecule has 0 saturated carbocycles. The molecule has 0 radical (unpaired) electrons. The molecule has 2 rings (SSSR count). The third kappa shape index (κ3) is 1.63. The van der Waals surface area contributed by atoms with Gasteiger partial charge in [-0.1, -0.05) is 0 Å². The number of hydrogen-bond donors (Lipinski definition) is 2. The van der Waals surface area contributed by atoms with Gasteiger partial charge >= 0.3 is 0 Å². The zero-order valence-electron chi connectivity index (χ0n) is 7.39. The molecule has 0 spiro atoms. The van der Waals surface area contributed by atoms with Crippen molar-refractivity contribution in [1.82, 2.24) is 15.3 Å². The molecular weight excluding hydrogens is 186 g/mol. The topological polar surface area (TPSA) is 49.9 Å². The van der Waals surface area contributed by atoms with E-state index in [-0.39, 0.29) is 0 Å². The van der Waals surface area contributed by atoms with E-state index in [1.165, 1.54) is 0 Å². The molecule has 0 aromatic carbocycles. The molecule has 1 aromatic rings. The molecule has 0 unspecified atom stereocenters. The molecule has 70 valence electrons. The second-order valence-corrected chi connectivity index (χ2v) is 3.36. The fraction of sp³-hybridized carbons (Fsp3) is 0.500. The third-order valence-electron chi connectivity index (χ3n) is 2.04. The molecule has 1 aromatic heterocycles. The molecule has 0 bridgehead atoms. The maximum atomic E-state index is 5.31. The highest BCUT2D eigenvalue weighted by Crippen LogP contribution is 2.19. The lowest BCUT2D eigenvalue weighted by Gasteiger charge is -2.04. The molecule has 1 aliphatic heterocycles. The van der Waals surface area contributed by atoms with Crippen LogP contribution in [0, 0.1) is 4.77 Å². The number of aromatic nitrogens is 2. The highest BCUT2D eigenvalue weighted by Gasteiger charge is 2.16. The zero-order valence-corrected chi connectivity index (χ0v) is 8.20. The lowest BCUT2D eigenvalue weighted by Crippen LogP contribution is -2.11. The summed E-state index contributed by atoms with van der Waals surface area (Å²) in [5.74, 6) is 0. The predicted molar refractivity (Wildman–Crippen MR) is 50.7 cm³/mol. The second-order valence-electron chi connectivity index (χ2n) is 2.97. The minimum atomic E-state index is 0.537. The van der Waals surface area contributed by atoms with Crippen LogP contribution in [-0.2, 0) is 24.5 Å². The van der Waals surface area contributed by atoms with Crippen molar-refractivity contribution in [2.24, 2.45) is 0 Å². The molecule has 4 nitrogen and oxygen atoms in total. The Morgan fingerprint density at radius 2 is 2.46 bits per heavy atom. The molecule has 13 heavy (non-hydrogen) atoms. The molecule has 2 heterocycles. The van der Waals surface area contributed by atoms with Gasteiger partial charge in [-0.2, -0.15) is 0 Å². The van der Waals surface area contributed by atoms with Crippen molar-refractivity contribution in [3.63, 3.8) is 0 Å². The van der Waals surface area contributed by atoms with Gasteiger partial charge in [0.2, 0.25) is 0 Å². The fourth-order valence-corrected chi connectivity index (χ4v) is 1.69. The van der Waals surface area contributed by atoms with Crippen LogP contribution in [0.5, 0.6) is 0 Å². The zero-order chi connectivity index (χ0) is 9.26. The largest absolute Gasteiger partial charge is 0.370 e. The van der Waals surface area contributed by atoms with Gasteiger partial charge in [-0.25, -0.2) is 4.98 Å². The van der Waals surface area contributed by atoms with Gasteiger partial charge < -0.3 is 15.0 Å². The number of fused-ring (bicyclic) bond motifs is 1.